The van der Waals surface area contributed by atoms with Crippen molar-refractivity contribution < 1.29 is 9.59 Å². The zero-order valence-corrected chi connectivity index (χ0v) is 20.2. The Morgan fingerprint density at radius 1 is 1.14 bits per heavy atom. The third-order valence-corrected chi connectivity index (χ3v) is 7.43. The van der Waals surface area contributed by atoms with Crippen LogP contribution in [-0.4, -0.2) is 59.9 Å². The summed E-state index contributed by atoms with van der Waals surface area (Å²) in [5.74, 6) is 0.386. The Hall–Kier alpha value is -3.72. The standard InChI is InChI=1S/C25H24ClN7O2/c1-15-11-27-24(28-12-15)25(6-7-25)31(2)22(34)17-13-29-33-9-8-32(14-21(17)33)23(35)20-10-16-18(26)4-3-5-19(16)30-20/h3-5,10-13,30H,6-9,14H2,1-2H3. The van der Waals surface area contributed by atoms with Crippen molar-refractivity contribution in [2.24, 2.45) is 0 Å². The predicted octanol–water partition coefficient (Wildman–Crippen LogP) is 3.53. The van der Waals surface area contributed by atoms with Crippen LogP contribution >= 0.6 is 11.6 Å². The number of aromatic amines is 1. The topological polar surface area (TPSA) is 100 Å². The summed E-state index contributed by atoms with van der Waals surface area (Å²) in [5, 5.41) is 5.84. The van der Waals surface area contributed by atoms with E-state index in [2.05, 4.69) is 20.1 Å². The minimum Gasteiger partial charge on any atom is -0.350 e. The SMILES string of the molecule is Cc1cnc(C2(N(C)C(=O)c3cnn4c3CN(C(=O)c3cc5c(Cl)cccc5[nH]3)CC4)CC2)nc1. The maximum Gasteiger partial charge on any atom is 0.270 e. The first-order valence-electron chi connectivity index (χ1n) is 11.6. The van der Waals surface area contributed by atoms with Gasteiger partial charge in [0.05, 0.1) is 30.5 Å². The van der Waals surface area contributed by atoms with Crippen molar-refractivity contribution >= 4 is 34.3 Å². The molecule has 2 amide bonds. The van der Waals surface area contributed by atoms with Crippen LogP contribution in [0, 0.1) is 6.92 Å². The van der Waals surface area contributed by atoms with Gasteiger partial charge in [0.1, 0.15) is 11.2 Å². The second-order valence-corrected chi connectivity index (χ2v) is 9.73. The molecule has 1 aromatic carbocycles. The lowest BCUT2D eigenvalue weighted by Gasteiger charge is -2.30. The maximum absolute atomic E-state index is 13.6. The molecule has 35 heavy (non-hydrogen) atoms. The molecule has 1 aliphatic carbocycles. The molecule has 1 N–H and O–H groups in total. The molecule has 2 aliphatic rings. The van der Waals surface area contributed by atoms with Crippen LogP contribution in [0.1, 0.15) is 50.8 Å². The third kappa shape index (κ3) is 3.49. The van der Waals surface area contributed by atoms with Crippen molar-refractivity contribution in [3.63, 3.8) is 0 Å². The number of halogens is 1. The molecule has 1 saturated carbocycles. The fraction of sp³-hybridized carbons (Fsp3) is 0.320. The van der Waals surface area contributed by atoms with Gasteiger partial charge >= 0.3 is 0 Å². The Morgan fingerprint density at radius 2 is 1.91 bits per heavy atom. The Morgan fingerprint density at radius 3 is 2.63 bits per heavy atom. The lowest BCUT2D eigenvalue weighted by atomic mass is 10.1. The molecule has 0 radical (unpaired) electrons. The summed E-state index contributed by atoms with van der Waals surface area (Å²) in [6, 6.07) is 7.32. The van der Waals surface area contributed by atoms with Crippen LogP contribution in [0.5, 0.6) is 0 Å². The predicted molar refractivity (Wildman–Crippen MR) is 130 cm³/mol. The van der Waals surface area contributed by atoms with Crippen LogP contribution in [0.2, 0.25) is 5.02 Å². The quantitative estimate of drug-likeness (QED) is 0.472. The Bertz CT molecular complexity index is 1470. The highest BCUT2D eigenvalue weighted by Crippen LogP contribution is 2.49. The molecular formula is C25H24ClN7O2. The first-order chi connectivity index (χ1) is 16.9. The van der Waals surface area contributed by atoms with Crippen LogP contribution < -0.4 is 0 Å². The number of carbonyl (C=O) groups is 2. The third-order valence-electron chi connectivity index (χ3n) is 7.10. The second-order valence-electron chi connectivity index (χ2n) is 9.32. The van der Waals surface area contributed by atoms with E-state index in [4.69, 9.17) is 11.6 Å². The Balaban J connectivity index is 1.25. The van der Waals surface area contributed by atoms with Crippen molar-refractivity contribution in [1.82, 2.24) is 34.5 Å². The second kappa shape index (κ2) is 7.91. The van der Waals surface area contributed by atoms with E-state index >= 15 is 0 Å². The van der Waals surface area contributed by atoms with Gasteiger partial charge in [-0.3, -0.25) is 14.3 Å². The minimum absolute atomic E-state index is 0.136. The zero-order valence-electron chi connectivity index (χ0n) is 19.5. The molecule has 6 rings (SSSR count). The highest BCUT2D eigenvalue weighted by molar-refractivity contribution is 6.35. The normalized spacial score (nSPS) is 16.3. The summed E-state index contributed by atoms with van der Waals surface area (Å²) < 4.78 is 1.81. The average Bonchev–Trinajstić information content (AvgIpc) is 3.37. The van der Waals surface area contributed by atoms with Gasteiger partial charge < -0.3 is 14.8 Å². The molecule has 1 fully saturated rings. The molecule has 0 bridgehead atoms. The summed E-state index contributed by atoms with van der Waals surface area (Å²) in [6.45, 7) is 3.26. The molecule has 0 unspecified atom stereocenters. The molecule has 0 saturated heterocycles. The number of benzene rings is 1. The number of amides is 2. The van der Waals surface area contributed by atoms with Crippen LogP contribution in [0.3, 0.4) is 0 Å². The molecule has 1 aliphatic heterocycles. The van der Waals surface area contributed by atoms with Gasteiger partial charge in [-0.2, -0.15) is 5.10 Å². The Labute approximate surface area is 206 Å². The summed E-state index contributed by atoms with van der Waals surface area (Å²) >= 11 is 6.28. The summed E-state index contributed by atoms with van der Waals surface area (Å²) in [5.41, 5.74) is 3.01. The number of nitrogens with zero attached hydrogens (tertiary/aromatic N) is 6. The van der Waals surface area contributed by atoms with Gasteiger partial charge in [-0.1, -0.05) is 17.7 Å². The van der Waals surface area contributed by atoms with Gasteiger partial charge in [-0.05, 0) is 43.5 Å². The van der Waals surface area contributed by atoms with Gasteiger partial charge in [-0.15, -0.1) is 0 Å². The van der Waals surface area contributed by atoms with Crippen LogP contribution in [0.25, 0.3) is 10.9 Å². The fourth-order valence-corrected chi connectivity index (χ4v) is 5.07. The zero-order chi connectivity index (χ0) is 24.3. The number of rotatable bonds is 4. The number of carbonyl (C=O) groups excluding carboxylic acids is 2. The smallest absolute Gasteiger partial charge is 0.270 e. The lowest BCUT2D eigenvalue weighted by Crippen LogP contribution is -2.41. The van der Waals surface area contributed by atoms with E-state index in [0.717, 1.165) is 35.0 Å². The van der Waals surface area contributed by atoms with E-state index in [1.807, 2.05) is 23.7 Å². The number of H-pyrrole nitrogens is 1. The molecule has 4 aromatic rings. The van der Waals surface area contributed by atoms with Crippen LogP contribution in [-0.2, 0) is 18.6 Å². The van der Waals surface area contributed by atoms with Crippen molar-refractivity contribution in [3.8, 4) is 0 Å². The van der Waals surface area contributed by atoms with Gasteiger partial charge in [0.2, 0.25) is 0 Å². The molecule has 4 heterocycles. The van der Waals surface area contributed by atoms with E-state index in [-0.39, 0.29) is 11.8 Å². The van der Waals surface area contributed by atoms with Crippen LogP contribution in [0.4, 0.5) is 0 Å². The monoisotopic (exact) mass is 489 g/mol. The number of hydrogen-bond acceptors (Lipinski definition) is 5. The van der Waals surface area contributed by atoms with Gasteiger partial charge in [0.15, 0.2) is 5.82 Å². The van der Waals surface area contributed by atoms with E-state index in [9.17, 15) is 9.59 Å². The number of nitrogens with one attached hydrogen (secondary N) is 1. The molecular weight excluding hydrogens is 466 g/mol. The van der Waals surface area contributed by atoms with Crippen molar-refractivity contribution in [1.29, 1.82) is 0 Å². The Kier molecular flexibility index (Phi) is 4.93. The van der Waals surface area contributed by atoms with Crippen molar-refractivity contribution in [2.75, 3.05) is 13.6 Å². The molecule has 10 heteroatoms. The number of aryl methyl sites for hydroxylation is 1. The maximum atomic E-state index is 13.6. The van der Waals surface area contributed by atoms with Crippen LogP contribution in [0.15, 0.2) is 42.9 Å². The van der Waals surface area contributed by atoms with E-state index in [0.29, 0.717) is 41.7 Å². The van der Waals surface area contributed by atoms with E-state index < -0.39 is 5.54 Å². The fourth-order valence-electron chi connectivity index (χ4n) is 4.84. The van der Waals surface area contributed by atoms with Crippen molar-refractivity contribution in [3.05, 3.63) is 76.2 Å². The minimum atomic E-state index is -0.493. The molecule has 3 aromatic heterocycles. The summed E-state index contributed by atoms with van der Waals surface area (Å²) in [7, 11) is 1.79. The van der Waals surface area contributed by atoms with Gasteiger partial charge in [0.25, 0.3) is 11.8 Å². The molecule has 9 nitrogen and oxygen atoms in total. The number of fused-ring (bicyclic) bond motifs is 2. The number of hydrogen-bond donors (Lipinski definition) is 1. The number of aromatic nitrogens is 5. The molecule has 178 valence electrons. The highest BCUT2D eigenvalue weighted by Gasteiger charge is 2.53. The summed E-state index contributed by atoms with van der Waals surface area (Å²) in [6.07, 6.45) is 6.80. The summed E-state index contributed by atoms with van der Waals surface area (Å²) in [4.78, 5) is 42.5. The van der Waals surface area contributed by atoms with Gasteiger partial charge in [0, 0.05) is 41.9 Å². The van der Waals surface area contributed by atoms with Gasteiger partial charge in [-0.25, -0.2) is 9.97 Å². The molecule has 0 atom stereocenters. The highest BCUT2D eigenvalue weighted by atomic mass is 35.5. The van der Waals surface area contributed by atoms with Crippen molar-refractivity contribution in [2.45, 2.75) is 38.4 Å². The largest absolute Gasteiger partial charge is 0.350 e. The molecule has 0 spiro atoms. The van der Waals surface area contributed by atoms with E-state index in [1.54, 1.807) is 47.6 Å². The lowest BCUT2D eigenvalue weighted by molar-refractivity contribution is 0.0665. The first-order valence-corrected chi connectivity index (χ1v) is 11.9. The first kappa shape index (κ1) is 21.8. The van der Waals surface area contributed by atoms with E-state index in [1.165, 1.54) is 0 Å². The average molecular weight is 490 g/mol.